The highest BCUT2D eigenvalue weighted by Gasteiger charge is 2.20. The summed E-state index contributed by atoms with van der Waals surface area (Å²) in [4.78, 5) is 14.6. The first-order valence-electron chi connectivity index (χ1n) is 9.00. The molecule has 3 heteroatoms. The quantitative estimate of drug-likeness (QED) is 0.671. The highest BCUT2D eigenvalue weighted by atomic mass is 16.1. The summed E-state index contributed by atoms with van der Waals surface area (Å²) in [6.45, 7) is 2.09. The zero-order valence-electron chi connectivity index (χ0n) is 14.9. The number of H-pyrrole nitrogens is 1. The Morgan fingerprint density at radius 3 is 2.50 bits per heavy atom. The number of benzene rings is 2. The normalized spacial score (nSPS) is 14.0. The number of hydrogen-bond acceptors (Lipinski definition) is 2. The van der Waals surface area contributed by atoms with Crippen molar-refractivity contribution in [1.29, 1.82) is 0 Å². The molecule has 3 nitrogen and oxygen atoms in total. The smallest absolute Gasteiger partial charge is 0.248 e. The van der Waals surface area contributed by atoms with E-state index in [2.05, 4.69) is 48.3 Å². The van der Waals surface area contributed by atoms with E-state index >= 15 is 0 Å². The minimum Gasteiger partial charge on any atom is -0.399 e. The van der Waals surface area contributed by atoms with Gasteiger partial charge in [0.1, 0.15) is 0 Å². The minimum atomic E-state index is -0.0694. The van der Waals surface area contributed by atoms with Gasteiger partial charge in [-0.3, -0.25) is 4.79 Å². The van der Waals surface area contributed by atoms with Crippen LogP contribution in [0, 0.1) is 6.92 Å². The number of aromatic nitrogens is 1. The van der Waals surface area contributed by atoms with Crippen LogP contribution in [0.1, 0.15) is 40.7 Å². The summed E-state index contributed by atoms with van der Waals surface area (Å²) in [6.07, 6.45) is 4.68. The number of anilines is 1. The van der Waals surface area contributed by atoms with Gasteiger partial charge in [0.05, 0.1) is 0 Å². The average Bonchev–Trinajstić information content (AvgIpc) is 2.81. The van der Waals surface area contributed by atoms with Gasteiger partial charge in [0.2, 0.25) is 5.56 Å². The number of allylic oxidation sites excluding steroid dienone is 1. The molecule has 1 heterocycles. The molecule has 0 saturated heterocycles. The number of hydrogen-bond donors (Lipinski definition) is 2. The molecule has 3 N–H and O–H groups in total. The summed E-state index contributed by atoms with van der Waals surface area (Å²) in [7, 11) is 0. The molecule has 0 amide bonds. The number of fused-ring (bicyclic) bond motifs is 1. The maximum atomic E-state index is 11.9. The molecule has 0 radical (unpaired) electrons. The lowest BCUT2D eigenvalue weighted by molar-refractivity contribution is 0.860. The molecule has 0 aliphatic heterocycles. The van der Waals surface area contributed by atoms with E-state index in [1.165, 1.54) is 33.4 Å². The number of pyridine rings is 1. The molecule has 0 bridgehead atoms. The van der Waals surface area contributed by atoms with Crippen LogP contribution < -0.4 is 11.3 Å². The van der Waals surface area contributed by atoms with E-state index in [0.29, 0.717) is 0 Å². The fourth-order valence-corrected chi connectivity index (χ4v) is 3.78. The Bertz CT molecular complexity index is 1040. The third kappa shape index (κ3) is 3.08. The topological polar surface area (TPSA) is 58.9 Å². The SMILES string of the molecule is Cc1ccc(C2=C(c3cc[nH]c(=O)c3)CCCc3cc(N)ccc32)cc1. The van der Waals surface area contributed by atoms with E-state index in [0.717, 1.165) is 30.5 Å². The summed E-state index contributed by atoms with van der Waals surface area (Å²) >= 11 is 0. The van der Waals surface area contributed by atoms with Gasteiger partial charge in [-0.25, -0.2) is 0 Å². The van der Waals surface area contributed by atoms with Gasteiger partial charge in [-0.2, -0.15) is 0 Å². The molecule has 0 saturated carbocycles. The molecule has 2 aromatic carbocycles. The molecule has 4 rings (SSSR count). The van der Waals surface area contributed by atoms with Crippen LogP contribution in [0.3, 0.4) is 0 Å². The number of aromatic amines is 1. The summed E-state index contributed by atoms with van der Waals surface area (Å²) < 4.78 is 0. The van der Waals surface area contributed by atoms with E-state index in [9.17, 15) is 4.79 Å². The number of nitrogens with two attached hydrogens (primary N) is 1. The van der Waals surface area contributed by atoms with E-state index in [1.807, 2.05) is 12.1 Å². The minimum absolute atomic E-state index is 0.0694. The molecule has 0 spiro atoms. The molecule has 1 aliphatic carbocycles. The van der Waals surface area contributed by atoms with Crippen LogP contribution in [0.4, 0.5) is 5.69 Å². The lowest BCUT2D eigenvalue weighted by Gasteiger charge is -2.17. The second-order valence-corrected chi connectivity index (χ2v) is 6.93. The third-order valence-electron chi connectivity index (χ3n) is 5.04. The van der Waals surface area contributed by atoms with Crippen LogP contribution in [0.5, 0.6) is 0 Å². The molecule has 0 unspecified atom stereocenters. The largest absolute Gasteiger partial charge is 0.399 e. The van der Waals surface area contributed by atoms with Crippen LogP contribution in [-0.2, 0) is 6.42 Å². The van der Waals surface area contributed by atoms with Crippen molar-refractivity contribution in [3.05, 3.63) is 99.0 Å². The number of aryl methyl sites for hydroxylation is 2. The van der Waals surface area contributed by atoms with E-state index in [1.54, 1.807) is 12.3 Å². The van der Waals surface area contributed by atoms with Crippen molar-refractivity contribution in [3.63, 3.8) is 0 Å². The Hall–Kier alpha value is -3.07. The monoisotopic (exact) mass is 342 g/mol. The van der Waals surface area contributed by atoms with Gasteiger partial charge < -0.3 is 10.7 Å². The van der Waals surface area contributed by atoms with Gasteiger partial charge in [-0.05, 0) is 77.8 Å². The molecular formula is C23H22N2O. The molecule has 0 fully saturated rings. The van der Waals surface area contributed by atoms with Gasteiger partial charge in [0.25, 0.3) is 0 Å². The van der Waals surface area contributed by atoms with Crippen molar-refractivity contribution in [3.8, 4) is 0 Å². The van der Waals surface area contributed by atoms with E-state index < -0.39 is 0 Å². The second-order valence-electron chi connectivity index (χ2n) is 6.93. The zero-order valence-corrected chi connectivity index (χ0v) is 14.9. The Balaban J connectivity index is 2.03. The average molecular weight is 342 g/mol. The number of nitrogen functional groups attached to an aromatic ring is 1. The fraction of sp³-hybridized carbons (Fsp3) is 0.174. The number of nitrogens with one attached hydrogen (secondary N) is 1. The maximum Gasteiger partial charge on any atom is 0.248 e. The van der Waals surface area contributed by atoms with Gasteiger partial charge in [-0.1, -0.05) is 35.9 Å². The van der Waals surface area contributed by atoms with Crippen molar-refractivity contribution in [2.24, 2.45) is 0 Å². The van der Waals surface area contributed by atoms with Crippen LogP contribution in [0.25, 0.3) is 11.1 Å². The van der Waals surface area contributed by atoms with Crippen LogP contribution >= 0.6 is 0 Å². The fourth-order valence-electron chi connectivity index (χ4n) is 3.78. The van der Waals surface area contributed by atoms with Crippen LogP contribution in [0.15, 0.2) is 65.6 Å². The Morgan fingerprint density at radius 1 is 0.923 bits per heavy atom. The van der Waals surface area contributed by atoms with Crippen molar-refractivity contribution >= 4 is 16.8 Å². The highest BCUT2D eigenvalue weighted by molar-refractivity contribution is 6.00. The summed E-state index contributed by atoms with van der Waals surface area (Å²) in [5.41, 5.74) is 15.1. The summed E-state index contributed by atoms with van der Waals surface area (Å²) in [5, 5.41) is 0. The first-order chi connectivity index (χ1) is 12.6. The van der Waals surface area contributed by atoms with Crippen LogP contribution in [0.2, 0.25) is 0 Å². The van der Waals surface area contributed by atoms with Gasteiger partial charge in [-0.15, -0.1) is 0 Å². The summed E-state index contributed by atoms with van der Waals surface area (Å²) in [6, 6.07) is 18.5. The van der Waals surface area contributed by atoms with E-state index in [-0.39, 0.29) is 5.56 Å². The van der Waals surface area contributed by atoms with Crippen molar-refractivity contribution in [1.82, 2.24) is 4.98 Å². The Morgan fingerprint density at radius 2 is 1.73 bits per heavy atom. The van der Waals surface area contributed by atoms with Crippen molar-refractivity contribution in [2.45, 2.75) is 26.2 Å². The first-order valence-corrected chi connectivity index (χ1v) is 9.00. The molecule has 1 aromatic heterocycles. The zero-order chi connectivity index (χ0) is 18.1. The molecule has 1 aliphatic rings. The standard InChI is InChI=1S/C23H22N2O/c1-15-5-7-16(8-6-15)23-20(18-11-12-25-22(26)14-18)4-2-3-17-13-19(24)9-10-21(17)23/h5-14H,2-4,24H2,1H3,(H,25,26). The maximum absolute atomic E-state index is 11.9. The Labute approximate surface area is 153 Å². The van der Waals surface area contributed by atoms with Crippen molar-refractivity contribution in [2.75, 3.05) is 5.73 Å². The summed E-state index contributed by atoms with van der Waals surface area (Å²) in [5.74, 6) is 0. The van der Waals surface area contributed by atoms with Gasteiger partial charge >= 0.3 is 0 Å². The lowest BCUT2D eigenvalue weighted by Crippen LogP contribution is -2.05. The predicted molar refractivity (Wildman–Crippen MR) is 108 cm³/mol. The first kappa shape index (κ1) is 16.4. The molecule has 130 valence electrons. The second kappa shape index (κ2) is 6.68. The number of rotatable bonds is 2. The van der Waals surface area contributed by atoms with Crippen LogP contribution in [-0.4, -0.2) is 4.98 Å². The Kier molecular flexibility index (Phi) is 4.21. The van der Waals surface area contributed by atoms with E-state index in [4.69, 9.17) is 5.73 Å². The highest BCUT2D eigenvalue weighted by Crippen LogP contribution is 2.39. The molecule has 0 atom stereocenters. The predicted octanol–water partition coefficient (Wildman–Crippen LogP) is 4.56. The lowest BCUT2D eigenvalue weighted by atomic mass is 9.88. The van der Waals surface area contributed by atoms with Crippen molar-refractivity contribution < 1.29 is 0 Å². The molecule has 3 aromatic rings. The molecule has 26 heavy (non-hydrogen) atoms. The van der Waals surface area contributed by atoms with Gasteiger partial charge in [0, 0.05) is 18.0 Å². The van der Waals surface area contributed by atoms with Gasteiger partial charge in [0.15, 0.2) is 0 Å². The third-order valence-corrected chi connectivity index (χ3v) is 5.04. The molecular weight excluding hydrogens is 320 g/mol.